The van der Waals surface area contributed by atoms with Crippen molar-refractivity contribution in [1.29, 1.82) is 0 Å². The number of fused-ring (bicyclic) bond motifs is 1. The zero-order chi connectivity index (χ0) is 15.6. The standard InChI is InChI=1S/C18H15FN4/c19-15-9-14(10-20-12-15)18-5-7-22-23(18)8-6-13-11-21-17-4-2-1-3-16(13)17/h1-5,7,9-12,21H,6,8H2. The molecule has 0 amide bonds. The van der Waals surface area contributed by atoms with Gasteiger partial charge in [-0.2, -0.15) is 5.10 Å². The first-order valence-corrected chi connectivity index (χ1v) is 7.49. The zero-order valence-electron chi connectivity index (χ0n) is 12.4. The van der Waals surface area contributed by atoms with Gasteiger partial charge in [-0.05, 0) is 30.2 Å². The number of rotatable bonds is 4. The van der Waals surface area contributed by atoms with Crippen LogP contribution in [0.4, 0.5) is 4.39 Å². The van der Waals surface area contributed by atoms with Crippen LogP contribution in [0.25, 0.3) is 22.2 Å². The van der Waals surface area contributed by atoms with Crippen LogP contribution >= 0.6 is 0 Å². The van der Waals surface area contributed by atoms with Gasteiger partial charge in [0, 0.05) is 41.6 Å². The molecule has 4 rings (SSSR count). The summed E-state index contributed by atoms with van der Waals surface area (Å²) < 4.78 is 15.3. The number of hydrogen-bond donors (Lipinski definition) is 1. The fourth-order valence-corrected chi connectivity index (χ4v) is 2.87. The van der Waals surface area contributed by atoms with E-state index in [1.807, 2.05) is 29.1 Å². The summed E-state index contributed by atoms with van der Waals surface area (Å²) in [4.78, 5) is 7.19. The molecule has 0 aliphatic heterocycles. The average molecular weight is 306 g/mol. The van der Waals surface area contributed by atoms with Crippen LogP contribution in [-0.4, -0.2) is 19.7 Å². The molecule has 0 radical (unpaired) electrons. The summed E-state index contributed by atoms with van der Waals surface area (Å²) in [6.07, 6.45) is 7.48. The first kappa shape index (κ1) is 13.7. The highest BCUT2D eigenvalue weighted by Crippen LogP contribution is 2.21. The SMILES string of the molecule is Fc1cncc(-c2ccnn2CCc2c[nH]c3ccccc23)c1. The van der Waals surface area contributed by atoms with Crippen molar-refractivity contribution >= 4 is 10.9 Å². The second-order valence-corrected chi connectivity index (χ2v) is 5.44. The Labute approximate surface area is 132 Å². The van der Waals surface area contributed by atoms with E-state index in [4.69, 9.17) is 0 Å². The molecule has 0 aliphatic rings. The number of para-hydroxylation sites is 1. The molecule has 0 aliphatic carbocycles. The Morgan fingerprint density at radius 2 is 2.04 bits per heavy atom. The third kappa shape index (κ3) is 2.61. The van der Waals surface area contributed by atoms with Crippen LogP contribution in [0.2, 0.25) is 0 Å². The highest BCUT2D eigenvalue weighted by Gasteiger charge is 2.09. The van der Waals surface area contributed by atoms with Crippen LogP contribution in [0.5, 0.6) is 0 Å². The molecule has 5 heteroatoms. The number of halogens is 1. The van der Waals surface area contributed by atoms with E-state index in [1.165, 1.54) is 23.2 Å². The van der Waals surface area contributed by atoms with Crippen LogP contribution in [0.15, 0.2) is 61.2 Å². The smallest absolute Gasteiger partial charge is 0.142 e. The fraction of sp³-hybridized carbons (Fsp3) is 0.111. The van der Waals surface area contributed by atoms with E-state index >= 15 is 0 Å². The molecule has 4 nitrogen and oxygen atoms in total. The highest BCUT2D eigenvalue weighted by molar-refractivity contribution is 5.83. The largest absolute Gasteiger partial charge is 0.361 e. The lowest BCUT2D eigenvalue weighted by Crippen LogP contribution is -2.05. The Hall–Kier alpha value is -2.95. The molecule has 3 aromatic heterocycles. The number of benzene rings is 1. The zero-order valence-corrected chi connectivity index (χ0v) is 12.4. The third-order valence-corrected chi connectivity index (χ3v) is 3.99. The normalized spacial score (nSPS) is 11.2. The van der Waals surface area contributed by atoms with Crippen molar-refractivity contribution in [2.45, 2.75) is 13.0 Å². The summed E-state index contributed by atoms with van der Waals surface area (Å²) in [6, 6.07) is 11.6. The molecule has 23 heavy (non-hydrogen) atoms. The molecule has 0 saturated heterocycles. The number of nitrogens with zero attached hydrogens (tertiary/aromatic N) is 3. The molecule has 3 heterocycles. The summed E-state index contributed by atoms with van der Waals surface area (Å²) in [5.74, 6) is -0.341. The Morgan fingerprint density at radius 1 is 1.13 bits per heavy atom. The maximum atomic E-state index is 13.4. The monoisotopic (exact) mass is 306 g/mol. The van der Waals surface area contributed by atoms with Gasteiger partial charge in [-0.25, -0.2) is 4.39 Å². The minimum absolute atomic E-state index is 0.341. The van der Waals surface area contributed by atoms with Gasteiger partial charge in [-0.1, -0.05) is 18.2 Å². The van der Waals surface area contributed by atoms with Crippen molar-refractivity contribution in [1.82, 2.24) is 19.7 Å². The third-order valence-electron chi connectivity index (χ3n) is 3.99. The number of nitrogens with one attached hydrogen (secondary N) is 1. The minimum atomic E-state index is -0.341. The van der Waals surface area contributed by atoms with E-state index in [1.54, 1.807) is 12.4 Å². The molecule has 0 atom stereocenters. The van der Waals surface area contributed by atoms with Gasteiger partial charge in [0.1, 0.15) is 5.82 Å². The summed E-state index contributed by atoms with van der Waals surface area (Å²) >= 11 is 0. The number of H-pyrrole nitrogens is 1. The van der Waals surface area contributed by atoms with Crippen molar-refractivity contribution in [2.75, 3.05) is 0 Å². The number of pyridine rings is 1. The molecule has 0 spiro atoms. The van der Waals surface area contributed by atoms with Crippen molar-refractivity contribution < 1.29 is 4.39 Å². The first-order valence-electron chi connectivity index (χ1n) is 7.49. The Kier molecular flexibility index (Phi) is 3.38. The molecule has 1 N–H and O–H groups in total. The van der Waals surface area contributed by atoms with E-state index in [0.717, 1.165) is 29.7 Å². The van der Waals surface area contributed by atoms with Crippen LogP contribution in [0, 0.1) is 5.82 Å². The molecule has 1 aromatic carbocycles. The lowest BCUT2D eigenvalue weighted by Gasteiger charge is -2.07. The molecule has 4 aromatic rings. The molecular formula is C18H15FN4. The van der Waals surface area contributed by atoms with Gasteiger partial charge in [0.2, 0.25) is 0 Å². The second-order valence-electron chi connectivity index (χ2n) is 5.44. The predicted molar refractivity (Wildman–Crippen MR) is 87.4 cm³/mol. The maximum absolute atomic E-state index is 13.4. The van der Waals surface area contributed by atoms with Gasteiger partial charge < -0.3 is 4.98 Å². The van der Waals surface area contributed by atoms with E-state index in [9.17, 15) is 4.39 Å². The topological polar surface area (TPSA) is 46.5 Å². The Bertz CT molecular complexity index is 954. The molecule has 0 fully saturated rings. The van der Waals surface area contributed by atoms with Gasteiger partial charge in [0.15, 0.2) is 0 Å². The van der Waals surface area contributed by atoms with Crippen LogP contribution in [0.3, 0.4) is 0 Å². The van der Waals surface area contributed by atoms with E-state index < -0.39 is 0 Å². The Morgan fingerprint density at radius 3 is 2.96 bits per heavy atom. The minimum Gasteiger partial charge on any atom is -0.361 e. The molecule has 0 saturated carbocycles. The second kappa shape index (κ2) is 5.68. The van der Waals surface area contributed by atoms with Gasteiger partial charge in [-0.15, -0.1) is 0 Å². The van der Waals surface area contributed by atoms with Crippen molar-refractivity contribution in [3.8, 4) is 11.3 Å². The van der Waals surface area contributed by atoms with E-state index in [2.05, 4.69) is 27.2 Å². The molecule has 0 unspecified atom stereocenters. The molecular weight excluding hydrogens is 291 g/mol. The van der Waals surface area contributed by atoms with Gasteiger partial charge in [-0.3, -0.25) is 9.67 Å². The summed E-state index contributed by atoms with van der Waals surface area (Å²) in [5.41, 5.74) is 4.00. The highest BCUT2D eigenvalue weighted by atomic mass is 19.1. The molecule has 114 valence electrons. The number of aromatic nitrogens is 4. The average Bonchev–Trinajstić information content (AvgIpc) is 3.20. The van der Waals surface area contributed by atoms with Crippen molar-refractivity contribution in [3.05, 3.63) is 72.6 Å². The number of aryl methyl sites for hydroxylation is 2. The van der Waals surface area contributed by atoms with E-state index in [0.29, 0.717) is 0 Å². The van der Waals surface area contributed by atoms with Crippen molar-refractivity contribution in [3.63, 3.8) is 0 Å². The predicted octanol–water partition coefficient (Wildman–Crippen LogP) is 3.81. The van der Waals surface area contributed by atoms with Gasteiger partial charge in [0.25, 0.3) is 0 Å². The number of hydrogen-bond acceptors (Lipinski definition) is 2. The number of aromatic amines is 1. The summed E-state index contributed by atoms with van der Waals surface area (Å²) in [7, 11) is 0. The lowest BCUT2D eigenvalue weighted by molar-refractivity contribution is 0.614. The van der Waals surface area contributed by atoms with Crippen LogP contribution < -0.4 is 0 Å². The van der Waals surface area contributed by atoms with Crippen LogP contribution in [-0.2, 0) is 13.0 Å². The van der Waals surface area contributed by atoms with E-state index in [-0.39, 0.29) is 5.82 Å². The summed E-state index contributed by atoms with van der Waals surface area (Å²) in [5, 5.41) is 5.59. The fourth-order valence-electron chi connectivity index (χ4n) is 2.87. The quantitative estimate of drug-likeness (QED) is 0.623. The van der Waals surface area contributed by atoms with Gasteiger partial charge in [0.05, 0.1) is 11.9 Å². The lowest BCUT2D eigenvalue weighted by atomic mass is 10.1. The molecule has 0 bridgehead atoms. The maximum Gasteiger partial charge on any atom is 0.142 e. The Balaban J connectivity index is 1.60. The summed E-state index contributed by atoms with van der Waals surface area (Å²) in [6.45, 7) is 0.723. The first-order chi connectivity index (χ1) is 11.3. The van der Waals surface area contributed by atoms with Crippen LogP contribution in [0.1, 0.15) is 5.56 Å². The van der Waals surface area contributed by atoms with Crippen molar-refractivity contribution in [2.24, 2.45) is 0 Å². The van der Waals surface area contributed by atoms with Gasteiger partial charge >= 0.3 is 0 Å².